The number of carboxylic acids is 1. The van der Waals surface area contributed by atoms with Gasteiger partial charge in [0.05, 0.1) is 12.2 Å². The Morgan fingerprint density at radius 3 is 2.89 bits per heavy atom. The summed E-state index contributed by atoms with van der Waals surface area (Å²) in [5.41, 5.74) is 0.0911. The Hall–Kier alpha value is -1.18. The first-order valence-electron chi connectivity index (χ1n) is 4.79. The number of pyridine rings is 1. The van der Waals surface area contributed by atoms with Gasteiger partial charge in [-0.25, -0.2) is 9.78 Å². The van der Waals surface area contributed by atoms with Gasteiger partial charge in [-0.05, 0) is 22.0 Å². The zero-order chi connectivity index (χ0) is 13.7. The molecule has 8 heteroatoms. The van der Waals surface area contributed by atoms with E-state index in [1.807, 2.05) is 0 Å². The third kappa shape index (κ3) is 3.94. The maximum atomic E-state index is 11.8. The number of aromatic nitrogens is 1. The van der Waals surface area contributed by atoms with Crippen LogP contribution in [0.3, 0.4) is 0 Å². The molecule has 0 radical (unpaired) electrons. The van der Waals surface area contributed by atoms with Gasteiger partial charge >= 0.3 is 5.97 Å². The van der Waals surface area contributed by atoms with Crippen LogP contribution in [0.15, 0.2) is 16.7 Å². The molecule has 0 saturated heterocycles. The maximum absolute atomic E-state index is 11.8. The highest BCUT2D eigenvalue weighted by atomic mass is 79.9. The van der Waals surface area contributed by atoms with E-state index in [0.29, 0.717) is 4.47 Å². The van der Waals surface area contributed by atoms with Crippen LogP contribution in [0.4, 0.5) is 0 Å². The first-order valence-corrected chi connectivity index (χ1v) is 5.96. The fourth-order valence-electron chi connectivity index (χ4n) is 1.16. The summed E-state index contributed by atoms with van der Waals surface area (Å²) in [6, 6.07) is 0.314. The third-order valence-corrected chi connectivity index (χ3v) is 2.72. The summed E-state index contributed by atoms with van der Waals surface area (Å²) in [6.45, 7) is -0.139. The Kier molecular flexibility index (Phi) is 5.52. The fraction of sp³-hybridized carbons (Fsp3) is 0.300. The van der Waals surface area contributed by atoms with E-state index in [9.17, 15) is 9.59 Å². The van der Waals surface area contributed by atoms with Crippen molar-refractivity contribution in [2.24, 2.45) is 0 Å². The topological polar surface area (TPSA) is 88.5 Å². The molecule has 0 fully saturated rings. The molecular weight excluding hydrogens is 327 g/mol. The maximum Gasteiger partial charge on any atom is 0.328 e. The predicted octanol–water partition coefficient (Wildman–Crippen LogP) is 1.33. The van der Waals surface area contributed by atoms with Crippen molar-refractivity contribution in [2.45, 2.75) is 6.04 Å². The Labute approximate surface area is 116 Å². The molecule has 1 atom stereocenters. The normalized spacial score (nSPS) is 11.9. The number of carbonyl (C=O) groups excluding carboxylic acids is 1. The summed E-state index contributed by atoms with van der Waals surface area (Å²) >= 11 is 8.91. The minimum atomic E-state index is -1.19. The van der Waals surface area contributed by atoms with E-state index < -0.39 is 17.9 Å². The van der Waals surface area contributed by atoms with Crippen molar-refractivity contribution in [3.05, 3.63) is 27.5 Å². The molecule has 0 spiro atoms. The molecule has 1 heterocycles. The first-order chi connectivity index (χ1) is 8.45. The number of nitrogens with zero attached hydrogens (tertiary/aromatic N) is 1. The lowest BCUT2D eigenvalue weighted by Crippen LogP contribution is -2.43. The average molecular weight is 338 g/mol. The van der Waals surface area contributed by atoms with Crippen molar-refractivity contribution in [3.63, 3.8) is 0 Å². The lowest BCUT2D eigenvalue weighted by molar-refractivity contribution is -0.140. The molecule has 18 heavy (non-hydrogen) atoms. The summed E-state index contributed by atoms with van der Waals surface area (Å²) in [7, 11) is 1.34. The molecule has 0 aliphatic carbocycles. The number of methoxy groups -OCH3 is 1. The quantitative estimate of drug-likeness (QED) is 0.791. The van der Waals surface area contributed by atoms with Gasteiger partial charge in [-0.15, -0.1) is 0 Å². The second kappa shape index (κ2) is 6.67. The molecule has 98 valence electrons. The number of rotatable bonds is 5. The molecule has 0 aromatic carbocycles. The Morgan fingerprint density at radius 1 is 1.67 bits per heavy atom. The van der Waals surface area contributed by atoms with Gasteiger partial charge in [0.15, 0.2) is 6.04 Å². The molecular formula is C10H10BrClN2O4. The number of carbonyl (C=O) groups is 2. The molecule has 2 N–H and O–H groups in total. The molecule has 0 bridgehead atoms. The average Bonchev–Trinajstić information content (AvgIpc) is 2.31. The SMILES string of the molecule is COCC(NC(=O)c1cc(Br)cnc1Cl)C(=O)O. The van der Waals surface area contributed by atoms with Crippen molar-refractivity contribution in [1.29, 1.82) is 0 Å². The number of amides is 1. The summed E-state index contributed by atoms with van der Waals surface area (Å²) < 4.78 is 5.27. The number of hydrogen-bond acceptors (Lipinski definition) is 4. The van der Waals surface area contributed by atoms with Gasteiger partial charge in [0, 0.05) is 17.8 Å². The van der Waals surface area contributed by atoms with E-state index in [0.717, 1.165) is 0 Å². The van der Waals surface area contributed by atoms with Gasteiger partial charge in [-0.1, -0.05) is 11.6 Å². The van der Waals surface area contributed by atoms with Gasteiger partial charge in [-0.3, -0.25) is 4.79 Å². The molecule has 1 rings (SSSR count). The van der Waals surface area contributed by atoms with Crippen molar-refractivity contribution >= 4 is 39.4 Å². The van der Waals surface area contributed by atoms with Crippen LogP contribution in [-0.4, -0.2) is 41.7 Å². The molecule has 6 nitrogen and oxygen atoms in total. The summed E-state index contributed by atoms with van der Waals surface area (Å²) in [4.78, 5) is 26.5. The largest absolute Gasteiger partial charge is 0.480 e. The third-order valence-electron chi connectivity index (χ3n) is 1.99. The monoisotopic (exact) mass is 336 g/mol. The van der Waals surface area contributed by atoms with E-state index in [1.54, 1.807) is 0 Å². The number of ether oxygens (including phenoxy) is 1. The van der Waals surface area contributed by atoms with Crippen molar-refractivity contribution in [2.75, 3.05) is 13.7 Å². The lowest BCUT2D eigenvalue weighted by atomic mass is 10.2. The highest BCUT2D eigenvalue weighted by Crippen LogP contribution is 2.17. The van der Waals surface area contributed by atoms with Crippen LogP contribution < -0.4 is 5.32 Å². The molecule has 0 aliphatic rings. The minimum Gasteiger partial charge on any atom is -0.480 e. The molecule has 1 aromatic heterocycles. The van der Waals surface area contributed by atoms with Gasteiger partial charge in [-0.2, -0.15) is 0 Å². The second-order valence-electron chi connectivity index (χ2n) is 3.31. The summed E-state index contributed by atoms with van der Waals surface area (Å²) in [6.07, 6.45) is 1.43. The Morgan fingerprint density at radius 2 is 2.33 bits per heavy atom. The zero-order valence-corrected chi connectivity index (χ0v) is 11.7. The molecule has 0 aliphatic heterocycles. The highest BCUT2D eigenvalue weighted by Gasteiger charge is 2.22. The van der Waals surface area contributed by atoms with Crippen molar-refractivity contribution < 1.29 is 19.4 Å². The van der Waals surface area contributed by atoms with Gasteiger partial charge in [0.2, 0.25) is 0 Å². The van der Waals surface area contributed by atoms with Crippen LogP contribution in [0.25, 0.3) is 0 Å². The van der Waals surface area contributed by atoms with Gasteiger partial charge < -0.3 is 15.2 Å². The molecule has 0 saturated carbocycles. The van der Waals surface area contributed by atoms with Crippen LogP contribution in [0, 0.1) is 0 Å². The standard InChI is InChI=1S/C10H10BrClN2O4/c1-18-4-7(10(16)17)14-9(15)6-2-5(11)3-13-8(6)12/h2-3,7H,4H2,1H3,(H,14,15)(H,16,17). The van der Waals surface area contributed by atoms with E-state index >= 15 is 0 Å². The van der Waals surface area contributed by atoms with E-state index in [-0.39, 0.29) is 17.3 Å². The minimum absolute atomic E-state index is 0.00254. The second-order valence-corrected chi connectivity index (χ2v) is 4.59. The highest BCUT2D eigenvalue weighted by molar-refractivity contribution is 9.10. The first kappa shape index (κ1) is 14.9. The molecule has 1 amide bonds. The zero-order valence-electron chi connectivity index (χ0n) is 9.31. The number of carboxylic acid groups (broad SMARTS) is 1. The van der Waals surface area contributed by atoms with Crippen LogP contribution in [0.1, 0.15) is 10.4 Å². The van der Waals surface area contributed by atoms with Crippen molar-refractivity contribution in [3.8, 4) is 0 Å². The van der Waals surface area contributed by atoms with Gasteiger partial charge in [0.1, 0.15) is 5.15 Å². The summed E-state index contributed by atoms with van der Waals surface area (Å²) in [5.74, 6) is -1.82. The predicted molar refractivity (Wildman–Crippen MR) is 67.7 cm³/mol. The smallest absolute Gasteiger partial charge is 0.328 e. The van der Waals surface area contributed by atoms with Crippen LogP contribution in [-0.2, 0) is 9.53 Å². The number of halogens is 2. The van der Waals surface area contributed by atoms with Crippen LogP contribution in [0.5, 0.6) is 0 Å². The number of aliphatic carboxylic acids is 1. The van der Waals surface area contributed by atoms with E-state index in [1.165, 1.54) is 19.4 Å². The van der Waals surface area contributed by atoms with E-state index in [2.05, 4.69) is 26.2 Å². The van der Waals surface area contributed by atoms with Crippen molar-refractivity contribution in [1.82, 2.24) is 10.3 Å². The Balaban J connectivity index is 2.86. The van der Waals surface area contributed by atoms with E-state index in [4.69, 9.17) is 21.4 Å². The van der Waals surface area contributed by atoms with Crippen LogP contribution in [0.2, 0.25) is 5.15 Å². The summed E-state index contributed by atoms with van der Waals surface area (Å²) in [5, 5.41) is 11.2. The lowest BCUT2D eigenvalue weighted by Gasteiger charge is -2.13. The number of nitrogens with one attached hydrogen (secondary N) is 1. The molecule has 1 aromatic rings. The number of hydrogen-bond donors (Lipinski definition) is 2. The Bertz CT molecular complexity index is 469. The van der Waals surface area contributed by atoms with Crippen LogP contribution >= 0.6 is 27.5 Å². The molecule has 1 unspecified atom stereocenters. The fourth-order valence-corrected chi connectivity index (χ4v) is 1.68. The van der Waals surface area contributed by atoms with Gasteiger partial charge in [0.25, 0.3) is 5.91 Å².